The van der Waals surface area contributed by atoms with Crippen LogP contribution in [0.25, 0.3) is 11.5 Å². The molecular weight excluding hydrogens is 268 g/mol. The van der Waals surface area contributed by atoms with Crippen LogP contribution in [0.1, 0.15) is 29.2 Å². The van der Waals surface area contributed by atoms with Crippen molar-refractivity contribution in [2.45, 2.75) is 33.6 Å². The predicted octanol–water partition coefficient (Wildman–Crippen LogP) is 1.37. The number of hydrogen-bond acceptors (Lipinski definition) is 5. The van der Waals surface area contributed by atoms with Gasteiger partial charge in [-0.2, -0.15) is 9.61 Å². The van der Waals surface area contributed by atoms with Crippen molar-refractivity contribution in [2.75, 3.05) is 0 Å². The van der Waals surface area contributed by atoms with Gasteiger partial charge in [-0.1, -0.05) is 0 Å². The molecule has 0 amide bonds. The van der Waals surface area contributed by atoms with Gasteiger partial charge in [0, 0.05) is 12.1 Å². The van der Waals surface area contributed by atoms with E-state index >= 15 is 0 Å². The summed E-state index contributed by atoms with van der Waals surface area (Å²) >= 11 is 0. The number of aromatic nitrogens is 6. The molecule has 7 nitrogen and oxygen atoms in total. The van der Waals surface area contributed by atoms with Gasteiger partial charge in [0.2, 0.25) is 0 Å². The molecule has 3 aromatic heterocycles. The lowest BCUT2D eigenvalue weighted by molar-refractivity contribution is -0.107. The zero-order valence-electron chi connectivity index (χ0n) is 12.2. The number of aryl methyl sites for hydroxylation is 2. The third kappa shape index (κ3) is 2.20. The van der Waals surface area contributed by atoms with E-state index in [1.165, 1.54) is 0 Å². The van der Waals surface area contributed by atoms with Gasteiger partial charge in [0.05, 0.1) is 5.69 Å². The smallest absolute Gasteiger partial charge is 0.178 e. The van der Waals surface area contributed by atoms with Crippen molar-refractivity contribution >= 4 is 11.9 Å². The summed E-state index contributed by atoms with van der Waals surface area (Å²) in [5, 5.41) is 17.1. The second kappa shape index (κ2) is 5.08. The van der Waals surface area contributed by atoms with Gasteiger partial charge in [-0.3, -0.25) is 0 Å². The van der Waals surface area contributed by atoms with Crippen LogP contribution in [0.5, 0.6) is 0 Å². The molecule has 0 N–H and O–H groups in total. The summed E-state index contributed by atoms with van der Waals surface area (Å²) in [4.78, 5) is 10.6. The molecule has 0 saturated heterocycles. The van der Waals surface area contributed by atoms with Gasteiger partial charge in [-0.05, 0) is 44.9 Å². The summed E-state index contributed by atoms with van der Waals surface area (Å²) in [5.41, 5.74) is 3.74. The molecule has 0 fully saturated rings. The fourth-order valence-electron chi connectivity index (χ4n) is 2.46. The maximum absolute atomic E-state index is 10.6. The summed E-state index contributed by atoms with van der Waals surface area (Å²) in [6.07, 6.45) is 2.14. The van der Waals surface area contributed by atoms with Crippen LogP contribution in [0, 0.1) is 20.8 Å². The van der Waals surface area contributed by atoms with Gasteiger partial charge in [0.1, 0.15) is 6.29 Å². The highest BCUT2D eigenvalue weighted by Gasteiger charge is 2.14. The standard InChI is InChI=1S/C14H16N6O/c1-9-12(5-4-8-21)10(2)19(17-9)14-7-6-13-16-15-11(3)20(13)18-14/h6-8H,4-5H2,1-3H3. The molecule has 3 rings (SSSR count). The number of fused-ring (bicyclic) bond motifs is 1. The molecule has 108 valence electrons. The number of nitrogens with zero attached hydrogens (tertiary/aromatic N) is 6. The van der Waals surface area contributed by atoms with Crippen LogP contribution in [0.15, 0.2) is 12.1 Å². The molecule has 0 radical (unpaired) electrons. The number of aldehydes is 1. The summed E-state index contributed by atoms with van der Waals surface area (Å²) in [7, 11) is 0. The Hall–Kier alpha value is -2.57. The number of carbonyl (C=O) groups is 1. The zero-order chi connectivity index (χ0) is 15.0. The minimum atomic E-state index is 0.504. The molecule has 0 aliphatic rings. The van der Waals surface area contributed by atoms with Crippen molar-refractivity contribution < 1.29 is 4.79 Å². The Labute approximate surface area is 121 Å². The predicted molar refractivity (Wildman–Crippen MR) is 76.5 cm³/mol. The first kappa shape index (κ1) is 13.4. The summed E-state index contributed by atoms with van der Waals surface area (Å²) in [6.45, 7) is 5.80. The molecule has 3 heterocycles. The van der Waals surface area contributed by atoms with Crippen LogP contribution in [0.3, 0.4) is 0 Å². The topological polar surface area (TPSA) is 78.0 Å². The van der Waals surface area contributed by atoms with Crippen LogP contribution in [0.4, 0.5) is 0 Å². The summed E-state index contributed by atoms with van der Waals surface area (Å²) in [5.74, 6) is 1.44. The van der Waals surface area contributed by atoms with Crippen LogP contribution in [0.2, 0.25) is 0 Å². The molecule has 0 unspecified atom stereocenters. The van der Waals surface area contributed by atoms with E-state index in [1.807, 2.05) is 32.9 Å². The SMILES string of the molecule is Cc1nn(-c2ccc3nnc(C)n3n2)c(C)c1CCC=O. The van der Waals surface area contributed by atoms with E-state index < -0.39 is 0 Å². The van der Waals surface area contributed by atoms with E-state index in [1.54, 1.807) is 9.20 Å². The van der Waals surface area contributed by atoms with Crippen molar-refractivity contribution in [1.29, 1.82) is 0 Å². The van der Waals surface area contributed by atoms with Crippen LogP contribution < -0.4 is 0 Å². The fourth-order valence-corrected chi connectivity index (χ4v) is 2.46. The van der Waals surface area contributed by atoms with Gasteiger partial charge < -0.3 is 4.79 Å². The van der Waals surface area contributed by atoms with Crippen LogP contribution in [-0.4, -0.2) is 35.9 Å². The fraction of sp³-hybridized carbons (Fsp3) is 0.357. The highest BCUT2D eigenvalue weighted by Crippen LogP contribution is 2.18. The number of carbonyl (C=O) groups excluding carboxylic acids is 1. The average molecular weight is 284 g/mol. The normalized spacial score (nSPS) is 11.2. The minimum absolute atomic E-state index is 0.504. The summed E-state index contributed by atoms with van der Waals surface area (Å²) in [6, 6.07) is 3.73. The lowest BCUT2D eigenvalue weighted by Crippen LogP contribution is -2.06. The average Bonchev–Trinajstić information content (AvgIpc) is 2.98. The Kier molecular flexibility index (Phi) is 3.25. The van der Waals surface area contributed by atoms with Crippen molar-refractivity contribution in [3.8, 4) is 5.82 Å². The lowest BCUT2D eigenvalue weighted by Gasteiger charge is -2.04. The molecular formula is C14H16N6O. The van der Waals surface area contributed by atoms with Crippen LogP contribution >= 0.6 is 0 Å². The Morgan fingerprint density at radius 1 is 1.14 bits per heavy atom. The molecule has 0 atom stereocenters. The van der Waals surface area contributed by atoms with Gasteiger partial charge >= 0.3 is 0 Å². The molecule has 7 heteroatoms. The quantitative estimate of drug-likeness (QED) is 0.676. The molecule has 0 saturated carbocycles. The van der Waals surface area contributed by atoms with Gasteiger partial charge in [0.25, 0.3) is 0 Å². The molecule has 0 aromatic carbocycles. The second-order valence-corrected chi connectivity index (χ2v) is 4.98. The third-order valence-corrected chi connectivity index (χ3v) is 3.58. The van der Waals surface area contributed by atoms with Crippen molar-refractivity contribution in [1.82, 2.24) is 29.6 Å². The Morgan fingerprint density at radius 3 is 2.71 bits per heavy atom. The van der Waals surface area contributed by atoms with Gasteiger partial charge in [-0.25, -0.2) is 4.68 Å². The first-order valence-corrected chi connectivity index (χ1v) is 6.80. The molecule has 3 aromatic rings. The molecule has 0 aliphatic carbocycles. The largest absolute Gasteiger partial charge is 0.303 e. The first-order valence-electron chi connectivity index (χ1n) is 6.80. The highest BCUT2D eigenvalue weighted by molar-refractivity contribution is 5.50. The van der Waals surface area contributed by atoms with Crippen molar-refractivity contribution in [3.63, 3.8) is 0 Å². The van der Waals surface area contributed by atoms with Crippen molar-refractivity contribution in [3.05, 3.63) is 34.9 Å². The Bertz CT molecular complexity index is 816. The minimum Gasteiger partial charge on any atom is -0.303 e. The molecule has 0 aliphatic heterocycles. The van der Waals surface area contributed by atoms with Crippen molar-refractivity contribution in [2.24, 2.45) is 0 Å². The van der Waals surface area contributed by atoms with Gasteiger partial charge in [-0.15, -0.1) is 15.3 Å². The summed E-state index contributed by atoms with van der Waals surface area (Å²) < 4.78 is 3.49. The van der Waals surface area contributed by atoms with E-state index in [9.17, 15) is 4.79 Å². The maximum Gasteiger partial charge on any atom is 0.178 e. The van der Waals surface area contributed by atoms with Crippen LogP contribution in [-0.2, 0) is 11.2 Å². The van der Waals surface area contributed by atoms with E-state index in [4.69, 9.17) is 0 Å². The third-order valence-electron chi connectivity index (χ3n) is 3.58. The van der Waals surface area contributed by atoms with E-state index in [2.05, 4.69) is 20.4 Å². The Balaban J connectivity index is 2.09. The maximum atomic E-state index is 10.6. The van der Waals surface area contributed by atoms with E-state index in [0.29, 0.717) is 24.3 Å². The molecule has 0 bridgehead atoms. The first-order chi connectivity index (χ1) is 10.1. The zero-order valence-corrected chi connectivity index (χ0v) is 12.2. The molecule has 21 heavy (non-hydrogen) atoms. The number of hydrogen-bond donors (Lipinski definition) is 0. The Morgan fingerprint density at radius 2 is 1.95 bits per heavy atom. The highest BCUT2D eigenvalue weighted by atomic mass is 16.1. The van der Waals surface area contributed by atoms with E-state index in [-0.39, 0.29) is 0 Å². The van der Waals surface area contributed by atoms with E-state index in [0.717, 1.165) is 29.1 Å². The second-order valence-electron chi connectivity index (χ2n) is 4.98. The monoisotopic (exact) mass is 284 g/mol. The van der Waals surface area contributed by atoms with Gasteiger partial charge in [0.15, 0.2) is 17.3 Å². The lowest BCUT2D eigenvalue weighted by atomic mass is 10.1. The molecule has 0 spiro atoms. The number of rotatable bonds is 4.